The van der Waals surface area contributed by atoms with Crippen molar-refractivity contribution in [1.29, 1.82) is 0 Å². The van der Waals surface area contributed by atoms with Gasteiger partial charge in [0.15, 0.2) is 11.5 Å². The predicted molar refractivity (Wildman–Crippen MR) is 89.5 cm³/mol. The molecule has 0 spiro atoms. The second kappa shape index (κ2) is 6.82. The van der Waals surface area contributed by atoms with Crippen molar-refractivity contribution in [2.75, 3.05) is 47.3 Å². The van der Waals surface area contributed by atoms with E-state index < -0.39 is 0 Å². The van der Waals surface area contributed by atoms with E-state index in [0.29, 0.717) is 18.6 Å². The number of likely N-dealkylation sites (N-methyl/N-ethyl adjacent to an activating group) is 1. The first-order valence-corrected chi connectivity index (χ1v) is 8.64. The summed E-state index contributed by atoms with van der Waals surface area (Å²) in [5, 5.41) is 0. The van der Waals surface area contributed by atoms with E-state index in [-0.39, 0.29) is 25.4 Å². The summed E-state index contributed by atoms with van der Waals surface area (Å²) in [6, 6.07) is 6.41. The molecule has 0 aromatic heterocycles. The van der Waals surface area contributed by atoms with Gasteiger partial charge in [-0.05, 0) is 17.7 Å². The molecule has 3 aliphatic heterocycles. The van der Waals surface area contributed by atoms with Crippen LogP contribution >= 0.6 is 0 Å². The van der Waals surface area contributed by atoms with Gasteiger partial charge in [0, 0.05) is 39.1 Å². The number of fused-ring (bicyclic) bond motifs is 2. The van der Waals surface area contributed by atoms with Crippen molar-refractivity contribution in [3.05, 3.63) is 23.8 Å². The molecule has 3 atom stereocenters. The normalized spacial score (nSPS) is 27.5. The number of likely N-dealkylation sites (tertiary alicyclic amines) is 1. The average Bonchev–Trinajstić information content (AvgIpc) is 3.30. The zero-order chi connectivity index (χ0) is 17.4. The SMILES string of the molecule is CN(C)C(=O)CO[C@H]1CN(Cc2ccc3c(c2)OCO3)[C@H]2COC[C@@H]12. The highest BCUT2D eigenvalue weighted by Crippen LogP contribution is 2.36. The molecule has 7 heteroatoms. The van der Waals surface area contributed by atoms with Crippen LogP contribution in [-0.2, 0) is 20.8 Å². The monoisotopic (exact) mass is 348 g/mol. The number of hydrogen-bond donors (Lipinski definition) is 0. The molecule has 7 nitrogen and oxygen atoms in total. The smallest absolute Gasteiger partial charge is 0.248 e. The van der Waals surface area contributed by atoms with Crippen molar-refractivity contribution in [3.63, 3.8) is 0 Å². The summed E-state index contributed by atoms with van der Waals surface area (Å²) in [6.07, 6.45) is 0.0328. The van der Waals surface area contributed by atoms with Crippen LogP contribution < -0.4 is 9.47 Å². The Labute approximate surface area is 147 Å². The molecule has 0 radical (unpaired) electrons. The third-order valence-corrected chi connectivity index (χ3v) is 5.20. The van der Waals surface area contributed by atoms with Crippen molar-refractivity contribution >= 4 is 5.91 Å². The first-order valence-electron chi connectivity index (χ1n) is 8.64. The Hall–Kier alpha value is -1.83. The van der Waals surface area contributed by atoms with Crippen LogP contribution in [0.25, 0.3) is 0 Å². The molecule has 3 aliphatic rings. The van der Waals surface area contributed by atoms with Crippen LogP contribution in [0.15, 0.2) is 18.2 Å². The third-order valence-electron chi connectivity index (χ3n) is 5.20. The highest BCUT2D eigenvalue weighted by atomic mass is 16.7. The second-order valence-electron chi connectivity index (χ2n) is 7.02. The quantitative estimate of drug-likeness (QED) is 0.781. The maximum atomic E-state index is 11.8. The van der Waals surface area contributed by atoms with Gasteiger partial charge in [-0.25, -0.2) is 0 Å². The molecule has 136 valence electrons. The Morgan fingerprint density at radius 3 is 2.96 bits per heavy atom. The number of hydrogen-bond acceptors (Lipinski definition) is 6. The summed E-state index contributed by atoms with van der Waals surface area (Å²) in [6.45, 7) is 3.45. The van der Waals surface area contributed by atoms with Gasteiger partial charge >= 0.3 is 0 Å². The van der Waals surface area contributed by atoms with E-state index in [1.807, 2.05) is 12.1 Å². The van der Waals surface area contributed by atoms with Crippen LogP contribution in [0.5, 0.6) is 11.5 Å². The van der Waals surface area contributed by atoms with E-state index in [1.165, 1.54) is 5.56 Å². The Balaban J connectivity index is 1.41. The zero-order valence-corrected chi connectivity index (χ0v) is 14.6. The van der Waals surface area contributed by atoms with E-state index in [9.17, 15) is 4.79 Å². The molecule has 1 aromatic carbocycles. The molecule has 4 rings (SSSR count). The minimum Gasteiger partial charge on any atom is -0.454 e. The fourth-order valence-electron chi connectivity index (χ4n) is 3.73. The Kier molecular flexibility index (Phi) is 4.54. The number of ether oxygens (including phenoxy) is 4. The average molecular weight is 348 g/mol. The number of benzene rings is 1. The lowest BCUT2D eigenvalue weighted by atomic mass is 10.0. The molecule has 0 bridgehead atoms. The van der Waals surface area contributed by atoms with Gasteiger partial charge in [0.2, 0.25) is 12.7 Å². The number of amides is 1. The largest absolute Gasteiger partial charge is 0.454 e. The van der Waals surface area contributed by atoms with E-state index in [2.05, 4.69) is 11.0 Å². The van der Waals surface area contributed by atoms with Crippen molar-refractivity contribution in [1.82, 2.24) is 9.80 Å². The Morgan fingerprint density at radius 2 is 2.12 bits per heavy atom. The summed E-state index contributed by atoms with van der Waals surface area (Å²) in [5.41, 5.74) is 1.18. The molecule has 2 fully saturated rings. The van der Waals surface area contributed by atoms with Crippen molar-refractivity contribution in [2.24, 2.45) is 5.92 Å². The number of carbonyl (C=O) groups is 1. The fourth-order valence-corrected chi connectivity index (χ4v) is 3.73. The molecule has 0 unspecified atom stereocenters. The van der Waals surface area contributed by atoms with Gasteiger partial charge in [-0.15, -0.1) is 0 Å². The first kappa shape index (κ1) is 16.6. The number of nitrogens with zero attached hydrogens (tertiary/aromatic N) is 2. The van der Waals surface area contributed by atoms with Gasteiger partial charge in [0.05, 0.1) is 19.3 Å². The van der Waals surface area contributed by atoms with Gasteiger partial charge < -0.3 is 23.8 Å². The van der Waals surface area contributed by atoms with Gasteiger partial charge in [-0.3, -0.25) is 9.69 Å². The van der Waals surface area contributed by atoms with E-state index in [4.69, 9.17) is 18.9 Å². The molecule has 0 N–H and O–H groups in total. The predicted octanol–water partition coefficient (Wildman–Crippen LogP) is 0.719. The lowest BCUT2D eigenvalue weighted by molar-refractivity contribution is -0.136. The van der Waals surface area contributed by atoms with Gasteiger partial charge in [-0.1, -0.05) is 6.07 Å². The molecule has 1 amide bonds. The van der Waals surface area contributed by atoms with Crippen molar-refractivity contribution in [3.8, 4) is 11.5 Å². The third kappa shape index (κ3) is 3.31. The summed E-state index contributed by atoms with van der Waals surface area (Å²) >= 11 is 0. The van der Waals surface area contributed by atoms with Crippen molar-refractivity contribution < 1.29 is 23.7 Å². The number of rotatable bonds is 5. The number of carbonyl (C=O) groups excluding carboxylic acids is 1. The van der Waals surface area contributed by atoms with Crippen LogP contribution in [-0.4, -0.2) is 75.1 Å². The molecule has 3 heterocycles. The van der Waals surface area contributed by atoms with Crippen LogP contribution in [0.4, 0.5) is 0 Å². The van der Waals surface area contributed by atoms with Crippen LogP contribution in [0.3, 0.4) is 0 Å². The van der Waals surface area contributed by atoms with Gasteiger partial charge in [-0.2, -0.15) is 0 Å². The molecular formula is C18H24N2O5. The van der Waals surface area contributed by atoms with Crippen LogP contribution in [0.2, 0.25) is 0 Å². The molecule has 25 heavy (non-hydrogen) atoms. The summed E-state index contributed by atoms with van der Waals surface area (Å²) in [7, 11) is 3.49. The minimum absolute atomic E-state index is 0.00955. The Morgan fingerprint density at radius 1 is 1.28 bits per heavy atom. The highest BCUT2D eigenvalue weighted by Gasteiger charge is 2.46. The molecule has 0 saturated carbocycles. The summed E-state index contributed by atoms with van der Waals surface area (Å²) in [4.78, 5) is 15.7. The van der Waals surface area contributed by atoms with Crippen LogP contribution in [0, 0.1) is 5.92 Å². The highest BCUT2D eigenvalue weighted by molar-refractivity contribution is 5.76. The zero-order valence-electron chi connectivity index (χ0n) is 14.6. The second-order valence-corrected chi connectivity index (χ2v) is 7.02. The summed E-state index contributed by atoms with van der Waals surface area (Å²) in [5.74, 6) is 1.92. The van der Waals surface area contributed by atoms with E-state index in [0.717, 1.165) is 31.2 Å². The van der Waals surface area contributed by atoms with E-state index >= 15 is 0 Å². The standard InChI is InChI=1S/C18H24N2O5/c1-19(2)18(21)10-23-17-7-20(14-9-22-8-13(14)17)6-12-3-4-15-16(5-12)25-11-24-15/h3-5,13-14,17H,6-11H2,1-2H3/t13-,14+,17+/m1/s1. The molecular weight excluding hydrogens is 324 g/mol. The molecule has 2 saturated heterocycles. The topological polar surface area (TPSA) is 60.5 Å². The van der Waals surface area contributed by atoms with Gasteiger partial charge in [0.1, 0.15) is 6.61 Å². The molecule has 0 aliphatic carbocycles. The van der Waals surface area contributed by atoms with Gasteiger partial charge in [0.25, 0.3) is 0 Å². The minimum atomic E-state index is -0.00955. The molecule has 1 aromatic rings. The van der Waals surface area contributed by atoms with Crippen molar-refractivity contribution in [2.45, 2.75) is 18.7 Å². The lowest BCUT2D eigenvalue weighted by Gasteiger charge is -2.22. The first-order chi connectivity index (χ1) is 12.1. The fraction of sp³-hybridized carbons (Fsp3) is 0.611. The lowest BCUT2D eigenvalue weighted by Crippen LogP contribution is -2.32. The van der Waals surface area contributed by atoms with E-state index in [1.54, 1.807) is 19.0 Å². The Bertz CT molecular complexity index is 650. The summed E-state index contributed by atoms with van der Waals surface area (Å²) < 4.78 is 22.4. The van der Waals surface area contributed by atoms with Crippen LogP contribution in [0.1, 0.15) is 5.56 Å². The maximum Gasteiger partial charge on any atom is 0.248 e. The maximum absolute atomic E-state index is 11.8.